The minimum Gasteiger partial charge on any atom is -0.354 e. The molecule has 8 nitrogen and oxygen atoms in total. The molecular weight excluding hydrogens is 268 g/mol. The Bertz CT molecular complexity index is 557. The van der Waals surface area contributed by atoms with Crippen molar-refractivity contribution in [3.05, 3.63) is 24.3 Å². The van der Waals surface area contributed by atoms with Crippen LogP contribution in [0.1, 0.15) is 19.0 Å². The molecule has 0 radical (unpaired) electrons. The zero-order valence-electron chi connectivity index (χ0n) is 12.5. The van der Waals surface area contributed by atoms with Crippen LogP contribution in [0.5, 0.6) is 0 Å². The minimum atomic E-state index is 0.519. The van der Waals surface area contributed by atoms with Gasteiger partial charge in [0.1, 0.15) is 6.33 Å². The predicted molar refractivity (Wildman–Crippen MR) is 82.3 cm³/mol. The Morgan fingerprint density at radius 3 is 2.48 bits per heavy atom. The van der Waals surface area contributed by atoms with E-state index in [0.717, 1.165) is 18.7 Å². The van der Waals surface area contributed by atoms with Crippen molar-refractivity contribution in [2.75, 3.05) is 36.2 Å². The lowest BCUT2D eigenvalue weighted by Gasteiger charge is -2.13. The van der Waals surface area contributed by atoms with Gasteiger partial charge in [-0.05, 0) is 12.5 Å². The van der Waals surface area contributed by atoms with Crippen LogP contribution in [0.25, 0.3) is 0 Å². The Kier molecular flexibility index (Phi) is 5.19. The Hall–Kier alpha value is -2.51. The van der Waals surface area contributed by atoms with Gasteiger partial charge in [-0.1, -0.05) is 6.92 Å². The molecule has 0 amide bonds. The van der Waals surface area contributed by atoms with E-state index in [4.69, 9.17) is 0 Å². The van der Waals surface area contributed by atoms with Crippen LogP contribution in [0.15, 0.2) is 18.6 Å². The molecule has 0 atom stereocenters. The van der Waals surface area contributed by atoms with Gasteiger partial charge in [0.05, 0.1) is 12.2 Å². The highest BCUT2D eigenvalue weighted by Crippen LogP contribution is 2.12. The molecule has 0 aliphatic carbocycles. The summed E-state index contributed by atoms with van der Waals surface area (Å²) in [4.78, 5) is 23.0. The molecular formula is C13H20N8. The molecule has 0 fully saturated rings. The standard InChI is InChI=1S/C13H20N8/c1-4-6-15-11-18-12(20-13(19-11)21(2)3)16-8-10-5-7-14-9-17-10/h5,7,9H,4,6,8H2,1-3H3,(H2,15,16,18,19,20). The third kappa shape index (κ3) is 4.51. The molecule has 2 N–H and O–H groups in total. The zero-order chi connectivity index (χ0) is 15.1. The van der Waals surface area contributed by atoms with E-state index in [1.807, 2.05) is 25.1 Å². The predicted octanol–water partition coefficient (Wildman–Crippen LogP) is 1.16. The lowest BCUT2D eigenvalue weighted by atomic mass is 10.4. The molecule has 2 rings (SSSR count). The van der Waals surface area contributed by atoms with Crippen LogP contribution < -0.4 is 15.5 Å². The highest BCUT2D eigenvalue weighted by atomic mass is 15.3. The summed E-state index contributed by atoms with van der Waals surface area (Å²) < 4.78 is 0. The van der Waals surface area contributed by atoms with Crippen molar-refractivity contribution in [3.8, 4) is 0 Å². The normalized spacial score (nSPS) is 10.2. The maximum absolute atomic E-state index is 4.37. The van der Waals surface area contributed by atoms with Crippen LogP contribution in [-0.2, 0) is 6.54 Å². The fourth-order valence-corrected chi connectivity index (χ4v) is 1.55. The summed E-state index contributed by atoms with van der Waals surface area (Å²) in [5.74, 6) is 1.69. The lowest BCUT2D eigenvalue weighted by molar-refractivity contribution is 0.904. The summed E-state index contributed by atoms with van der Waals surface area (Å²) in [6.45, 7) is 3.45. The molecule has 0 aliphatic rings. The van der Waals surface area contributed by atoms with Gasteiger partial charge in [0.25, 0.3) is 0 Å². The van der Waals surface area contributed by atoms with Crippen molar-refractivity contribution in [3.63, 3.8) is 0 Å². The van der Waals surface area contributed by atoms with Crippen molar-refractivity contribution in [2.45, 2.75) is 19.9 Å². The van der Waals surface area contributed by atoms with Gasteiger partial charge in [0.15, 0.2) is 0 Å². The van der Waals surface area contributed by atoms with Crippen LogP contribution in [0.2, 0.25) is 0 Å². The van der Waals surface area contributed by atoms with E-state index in [9.17, 15) is 0 Å². The molecule has 112 valence electrons. The Balaban J connectivity index is 2.11. The van der Waals surface area contributed by atoms with Crippen LogP contribution in [0.4, 0.5) is 17.8 Å². The molecule has 0 bridgehead atoms. The molecule has 8 heteroatoms. The number of rotatable bonds is 7. The largest absolute Gasteiger partial charge is 0.354 e. The van der Waals surface area contributed by atoms with Gasteiger partial charge in [-0.25, -0.2) is 9.97 Å². The van der Waals surface area contributed by atoms with E-state index in [-0.39, 0.29) is 0 Å². The number of hydrogen-bond acceptors (Lipinski definition) is 8. The molecule has 0 spiro atoms. The Labute approximate surface area is 124 Å². The highest BCUT2D eigenvalue weighted by molar-refractivity contribution is 5.43. The summed E-state index contributed by atoms with van der Waals surface area (Å²) in [7, 11) is 3.79. The molecule has 2 aromatic heterocycles. The first-order valence-corrected chi connectivity index (χ1v) is 6.85. The maximum atomic E-state index is 4.37. The van der Waals surface area contributed by atoms with Crippen molar-refractivity contribution in [1.82, 2.24) is 24.9 Å². The van der Waals surface area contributed by atoms with Gasteiger partial charge in [0, 0.05) is 26.8 Å². The van der Waals surface area contributed by atoms with Crippen molar-refractivity contribution in [1.29, 1.82) is 0 Å². The summed E-state index contributed by atoms with van der Waals surface area (Å²) in [5.41, 5.74) is 0.875. The Morgan fingerprint density at radius 1 is 1.10 bits per heavy atom. The quantitative estimate of drug-likeness (QED) is 0.784. The first kappa shape index (κ1) is 14.9. The second-order valence-electron chi connectivity index (χ2n) is 4.66. The molecule has 21 heavy (non-hydrogen) atoms. The van der Waals surface area contributed by atoms with E-state index in [0.29, 0.717) is 24.4 Å². The molecule has 0 saturated heterocycles. The van der Waals surface area contributed by atoms with Crippen molar-refractivity contribution >= 4 is 17.8 Å². The van der Waals surface area contributed by atoms with Gasteiger partial charge in [-0.2, -0.15) is 15.0 Å². The maximum Gasteiger partial charge on any atom is 0.231 e. The minimum absolute atomic E-state index is 0.519. The Morgan fingerprint density at radius 2 is 1.86 bits per heavy atom. The summed E-state index contributed by atoms with van der Waals surface area (Å²) in [6, 6.07) is 1.84. The van der Waals surface area contributed by atoms with E-state index in [1.165, 1.54) is 6.33 Å². The number of nitrogens with one attached hydrogen (secondary N) is 2. The third-order valence-electron chi connectivity index (χ3n) is 2.63. The smallest absolute Gasteiger partial charge is 0.231 e. The van der Waals surface area contributed by atoms with Crippen molar-refractivity contribution in [2.24, 2.45) is 0 Å². The highest BCUT2D eigenvalue weighted by Gasteiger charge is 2.07. The fourth-order valence-electron chi connectivity index (χ4n) is 1.55. The van der Waals surface area contributed by atoms with Crippen molar-refractivity contribution < 1.29 is 0 Å². The van der Waals surface area contributed by atoms with Crippen LogP contribution in [0, 0.1) is 0 Å². The van der Waals surface area contributed by atoms with Crippen LogP contribution in [-0.4, -0.2) is 45.6 Å². The second kappa shape index (κ2) is 7.32. The first-order valence-electron chi connectivity index (χ1n) is 6.85. The zero-order valence-corrected chi connectivity index (χ0v) is 12.5. The number of hydrogen-bond donors (Lipinski definition) is 2. The number of anilines is 3. The number of nitrogens with zero attached hydrogens (tertiary/aromatic N) is 6. The molecule has 0 aliphatic heterocycles. The van der Waals surface area contributed by atoms with Gasteiger partial charge >= 0.3 is 0 Å². The average Bonchev–Trinajstić information content (AvgIpc) is 2.51. The van der Waals surface area contributed by atoms with Crippen LogP contribution in [0.3, 0.4) is 0 Å². The first-order chi connectivity index (χ1) is 10.2. The SMILES string of the molecule is CCCNc1nc(NCc2ccncn2)nc(N(C)C)n1. The van der Waals surface area contributed by atoms with Gasteiger partial charge < -0.3 is 15.5 Å². The average molecular weight is 288 g/mol. The molecule has 2 heterocycles. The molecule has 0 saturated carbocycles. The van der Waals surface area contributed by atoms with E-state index >= 15 is 0 Å². The fraction of sp³-hybridized carbons (Fsp3) is 0.462. The monoisotopic (exact) mass is 288 g/mol. The number of aromatic nitrogens is 5. The summed E-state index contributed by atoms with van der Waals surface area (Å²) >= 11 is 0. The third-order valence-corrected chi connectivity index (χ3v) is 2.63. The van der Waals surface area contributed by atoms with Gasteiger partial charge in [-0.15, -0.1) is 0 Å². The molecule has 0 unspecified atom stereocenters. The molecule has 2 aromatic rings. The summed E-state index contributed by atoms with van der Waals surface area (Å²) in [6.07, 6.45) is 4.23. The van der Waals surface area contributed by atoms with Gasteiger partial charge in [0.2, 0.25) is 17.8 Å². The second-order valence-corrected chi connectivity index (χ2v) is 4.66. The van der Waals surface area contributed by atoms with Crippen LogP contribution >= 0.6 is 0 Å². The van der Waals surface area contributed by atoms with E-state index in [2.05, 4.69) is 42.5 Å². The molecule has 0 aromatic carbocycles. The van der Waals surface area contributed by atoms with E-state index in [1.54, 1.807) is 6.20 Å². The van der Waals surface area contributed by atoms with Gasteiger partial charge in [-0.3, -0.25) is 0 Å². The lowest BCUT2D eigenvalue weighted by Crippen LogP contribution is -2.17. The van der Waals surface area contributed by atoms with E-state index < -0.39 is 0 Å². The summed E-state index contributed by atoms with van der Waals surface area (Å²) in [5, 5.41) is 6.33. The topological polar surface area (TPSA) is 91.8 Å².